The number of nitriles is 3. The van der Waals surface area contributed by atoms with Crippen LogP contribution in [-0.4, -0.2) is 16.2 Å². The van der Waals surface area contributed by atoms with Crippen LogP contribution in [0.4, 0.5) is 11.4 Å². The average molecular weight is 362 g/mol. The van der Waals surface area contributed by atoms with Crippen LogP contribution in [0.15, 0.2) is 52.3 Å². The maximum atomic E-state index is 10.6. The molecule has 1 aromatic rings. The molecule has 9 nitrogen and oxygen atoms in total. The van der Waals surface area contributed by atoms with Gasteiger partial charge in [0, 0.05) is 23.1 Å². The number of allylic oxidation sites excluding steroid dienone is 4. The Balaban J connectivity index is 2.33. The van der Waals surface area contributed by atoms with E-state index in [-0.39, 0.29) is 16.8 Å². The van der Waals surface area contributed by atoms with Gasteiger partial charge < -0.3 is 5.11 Å². The summed E-state index contributed by atoms with van der Waals surface area (Å²) in [4.78, 5) is 10.1. The number of nitrogens with one attached hydrogen (secondary N) is 1. The molecule has 1 aromatic carbocycles. The van der Waals surface area contributed by atoms with Crippen molar-refractivity contribution in [3.63, 3.8) is 0 Å². The number of nitro groups is 1. The molecule has 0 fully saturated rings. The van der Waals surface area contributed by atoms with Crippen molar-refractivity contribution in [2.24, 2.45) is 15.9 Å². The second-order valence-corrected chi connectivity index (χ2v) is 6.30. The zero-order chi connectivity index (χ0) is 20.2. The van der Waals surface area contributed by atoms with Gasteiger partial charge in [0.1, 0.15) is 17.4 Å². The lowest BCUT2D eigenvalue weighted by Crippen LogP contribution is -2.39. The molecule has 2 N–H and O–H groups in total. The fourth-order valence-electron chi connectivity index (χ4n) is 2.67. The van der Waals surface area contributed by atoms with E-state index in [1.165, 1.54) is 36.6 Å². The molecule has 2 rings (SSSR count). The number of aliphatic hydroxyl groups is 1. The molecule has 0 heterocycles. The summed E-state index contributed by atoms with van der Waals surface area (Å²) in [5, 5.41) is 53.2. The van der Waals surface area contributed by atoms with Gasteiger partial charge in [0.2, 0.25) is 5.41 Å². The monoisotopic (exact) mass is 362 g/mol. The largest absolute Gasteiger partial charge is 0.508 e. The number of nitrogens with zero attached hydrogens (tertiary/aromatic N) is 5. The molecule has 27 heavy (non-hydrogen) atoms. The molecule has 0 radical (unpaired) electrons. The zero-order valence-electron chi connectivity index (χ0n) is 14.5. The lowest BCUT2D eigenvalue weighted by Gasteiger charge is -2.37. The van der Waals surface area contributed by atoms with Crippen molar-refractivity contribution in [1.82, 2.24) is 0 Å². The minimum absolute atomic E-state index is 0.0646. The van der Waals surface area contributed by atoms with E-state index < -0.39 is 21.5 Å². The van der Waals surface area contributed by atoms with Crippen LogP contribution in [0.5, 0.6) is 0 Å². The summed E-state index contributed by atoms with van der Waals surface area (Å²) in [6, 6.07) is 11.0. The van der Waals surface area contributed by atoms with E-state index in [2.05, 4.69) is 10.5 Å². The van der Waals surface area contributed by atoms with E-state index in [9.17, 15) is 31.0 Å². The number of hydrazone groups is 1. The topological polar surface area (TPSA) is 159 Å². The summed E-state index contributed by atoms with van der Waals surface area (Å²) >= 11 is 0. The van der Waals surface area contributed by atoms with Gasteiger partial charge in [-0.3, -0.25) is 15.5 Å². The molecule has 0 unspecified atom stereocenters. The molecule has 0 saturated heterocycles. The smallest absolute Gasteiger partial charge is 0.269 e. The molecular formula is C18H14N6O3. The molecule has 1 aliphatic rings. The number of aliphatic hydroxyl groups excluding tert-OH is 1. The van der Waals surface area contributed by atoms with Crippen molar-refractivity contribution in [1.29, 1.82) is 15.8 Å². The third-order valence-electron chi connectivity index (χ3n) is 4.29. The SMILES string of the molecule is CC1(C)C=C(C=NNc2ccc([N+](=O)[O-])cc2)C(C#N)=C(O)C1(C#N)C#N. The first-order chi connectivity index (χ1) is 12.7. The first-order valence-electron chi connectivity index (χ1n) is 7.65. The predicted molar refractivity (Wildman–Crippen MR) is 96.0 cm³/mol. The van der Waals surface area contributed by atoms with Crippen molar-refractivity contribution >= 4 is 17.6 Å². The number of non-ortho nitro benzene ring substituents is 1. The van der Waals surface area contributed by atoms with E-state index in [1.54, 1.807) is 19.9 Å². The quantitative estimate of drug-likeness (QED) is 0.472. The Morgan fingerprint density at radius 2 is 1.81 bits per heavy atom. The Labute approximate surface area is 154 Å². The molecule has 0 bridgehead atoms. The van der Waals surface area contributed by atoms with E-state index >= 15 is 0 Å². The molecule has 0 amide bonds. The Bertz CT molecular complexity index is 984. The third kappa shape index (κ3) is 3.20. The van der Waals surface area contributed by atoms with Crippen LogP contribution in [0.1, 0.15) is 13.8 Å². The number of hydrogen-bond acceptors (Lipinski definition) is 8. The third-order valence-corrected chi connectivity index (χ3v) is 4.29. The highest BCUT2D eigenvalue weighted by Gasteiger charge is 2.53. The van der Waals surface area contributed by atoms with Gasteiger partial charge >= 0.3 is 0 Å². The Morgan fingerprint density at radius 3 is 2.30 bits per heavy atom. The second kappa shape index (κ2) is 6.99. The summed E-state index contributed by atoms with van der Waals surface area (Å²) in [5.74, 6) is -0.612. The molecule has 134 valence electrons. The maximum Gasteiger partial charge on any atom is 0.269 e. The minimum Gasteiger partial charge on any atom is -0.508 e. The van der Waals surface area contributed by atoms with Crippen molar-refractivity contribution in [2.45, 2.75) is 13.8 Å². The van der Waals surface area contributed by atoms with Crippen molar-refractivity contribution < 1.29 is 10.0 Å². The number of hydrogen-bond donors (Lipinski definition) is 2. The Kier molecular flexibility index (Phi) is 4.96. The second-order valence-electron chi connectivity index (χ2n) is 6.30. The van der Waals surface area contributed by atoms with Crippen LogP contribution in [0.2, 0.25) is 0 Å². The molecular weight excluding hydrogens is 348 g/mol. The van der Waals surface area contributed by atoms with Gasteiger partial charge in [-0.05, 0) is 12.1 Å². The van der Waals surface area contributed by atoms with E-state index in [0.717, 1.165) is 0 Å². The Hall–Kier alpha value is -4.16. The van der Waals surface area contributed by atoms with Gasteiger partial charge in [-0.15, -0.1) is 0 Å². The highest BCUT2D eigenvalue weighted by atomic mass is 16.6. The lowest BCUT2D eigenvalue weighted by molar-refractivity contribution is -0.384. The highest BCUT2D eigenvalue weighted by Crippen LogP contribution is 2.49. The summed E-state index contributed by atoms with van der Waals surface area (Å²) in [7, 11) is 0. The zero-order valence-corrected chi connectivity index (χ0v) is 14.5. The first kappa shape index (κ1) is 19.2. The fourth-order valence-corrected chi connectivity index (χ4v) is 2.67. The summed E-state index contributed by atoms with van der Waals surface area (Å²) in [6.07, 6.45) is 2.80. The summed E-state index contributed by atoms with van der Waals surface area (Å²) in [6.45, 7) is 3.20. The number of rotatable bonds is 4. The van der Waals surface area contributed by atoms with Crippen molar-refractivity contribution in [2.75, 3.05) is 5.43 Å². The van der Waals surface area contributed by atoms with Gasteiger partial charge in [-0.2, -0.15) is 20.9 Å². The first-order valence-corrected chi connectivity index (χ1v) is 7.65. The van der Waals surface area contributed by atoms with Gasteiger partial charge in [-0.1, -0.05) is 19.9 Å². The van der Waals surface area contributed by atoms with Crippen molar-refractivity contribution in [3.05, 3.63) is 57.4 Å². The Morgan fingerprint density at radius 1 is 1.22 bits per heavy atom. The normalized spacial score (nSPS) is 17.4. The van der Waals surface area contributed by atoms with Crippen LogP contribution < -0.4 is 5.43 Å². The van der Waals surface area contributed by atoms with Gasteiger partial charge in [0.05, 0.1) is 29.0 Å². The van der Waals surface area contributed by atoms with Crippen LogP contribution in [0.25, 0.3) is 0 Å². The highest BCUT2D eigenvalue weighted by molar-refractivity contribution is 5.88. The summed E-state index contributed by atoms with van der Waals surface area (Å²) < 4.78 is 0. The van der Waals surface area contributed by atoms with Crippen LogP contribution in [0.3, 0.4) is 0 Å². The number of anilines is 1. The maximum absolute atomic E-state index is 10.6. The average Bonchev–Trinajstić information content (AvgIpc) is 2.63. The molecule has 0 atom stereocenters. The molecule has 0 spiro atoms. The van der Waals surface area contributed by atoms with Gasteiger partial charge in [0.25, 0.3) is 5.69 Å². The van der Waals surface area contributed by atoms with Crippen LogP contribution >= 0.6 is 0 Å². The lowest BCUT2D eigenvalue weighted by atomic mass is 9.61. The standard InChI is InChI=1S/C18H14N6O3/c1-17(2)7-12(15(8-19)16(25)18(17,10-20)11-21)9-22-23-13-3-5-14(6-4-13)24(26)27/h3-7,9,23,25H,1-2H3. The molecule has 0 aromatic heterocycles. The minimum atomic E-state index is -1.87. The number of benzene rings is 1. The molecule has 9 heteroatoms. The molecule has 0 aliphatic heterocycles. The van der Waals surface area contributed by atoms with E-state index in [1.807, 2.05) is 12.1 Å². The predicted octanol–water partition coefficient (Wildman–Crippen LogP) is 3.33. The molecule has 0 saturated carbocycles. The summed E-state index contributed by atoms with van der Waals surface area (Å²) in [5.41, 5.74) is 0.148. The van der Waals surface area contributed by atoms with E-state index in [0.29, 0.717) is 5.69 Å². The van der Waals surface area contributed by atoms with Gasteiger partial charge in [0.15, 0.2) is 0 Å². The van der Waals surface area contributed by atoms with Gasteiger partial charge in [-0.25, -0.2) is 0 Å². The van der Waals surface area contributed by atoms with E-state index in [4.69, 9.17) is 0 Å². The molecule has 1 aliphatic carbocycles. The van der Waals surface area contributed by atoms with Crippen LogP contribution in [-0.2, 0) is 0 Å². The number of nitro benzene ring substituents is 1. The van der Waals surface area contributed by atoms with Crippen molar-refractivity contribution in [3.8, 4) is 18.2 Å². The van der Waals surface area contributed by atoms with Crippen LogP contribution in [0, 0.1) is 54.9 Å². The fraction of sp³-hybridized carbons (Fsp3) is 0.222.